The number of rotatable bonds is 8. The molecular formula is C17H28N4O. The second-order valence-corrected chi connectivity index (χ2v) is 5.17. The molecule has 1 aromatic rings. The van der Waals surface area contributed by atoms with Crippen molar-refractivity contribution in [3.63, 3.8) is 0 Å². The Hall–Kier alpha value is -2.04. The van der Waals surface area contributed by atoms with Crippen molar-refractivity contribution in [2.24, 2.45) is 10.9 Å². The molecule has 0 unspecified atom stereocenters. The van der Waals surface area contributed by atoms with Crippen molar-refractivity contribution in [2.45, 2.75) is 33.6 Å². The van der Waals surface area contributed by atoms with Gasteiger partial charge in [-0.25, -0.2) is 4.99 Å². The molecule has 0 saturated heterocycles. The summed E-state index contributed by atoms with van der Waals surface area (Å²) >= 11 is 0. The molecule has 0 fully saturated rings. The second-order valence-electron chi connectivity index (χ2n) is 5.17. The number of anilines is 1. The predicted octanol–water partition coefficient (Wildman–Crippen LogP) is 2.62. The molecule has 1 rings (SSSR count). The largest absolute Gasteiger partial charge is 0.357 e. The van der Waals surface area contributed by atoms with Crippen LogP contribution >= 0.6 is 0 Å². The van der Waals surface area contributed by atoms with Gasteiger partial charge in [0.25, 0.3) is 0 Å². The standard InChI is InChI=1S/C17H28N4O/c1-4-14(5-2)12-19-17(18-6-3)20-13-16(22)21-15-10-8-7-9-11-15/h7-11,14H,4-6,12-13H2,1-3H3,(H,21,22)(H2,18,19,20). The fourth-order valence-electron chi connectivity index (χ4n) is 2.03. The van der Waals surface area contributed by atoms with Crippen molar-refractivity contribution in [2.75, 3.05) is 25.0 Å². The van der Waals surface area contributed by atoms with E-state index in [1.54, 1.807) is 0 Å². The number of para-hydroxylation sites is 1. The van der Waals surface area contributed by atoms with Gasteiger partial charge >= 0.3 is 0 Å². The molecule has 3 N–H and O–H groups in total. The summed E-state index contributed by atoms with van der Waals surface area (Å²) in [6, 6.07) is 9.41. The van der Waals surface area contributed by atoms with Crippen LogP contribution in [0.15, 0.2) is 35.3 Å². The first-order valence-electron chi connectivity index (χ1n) is 8.06. The maximum Gasteiger partial charge on any atom is 0.246 e. The summed E-state index contributed by atoms with van der Waals surface area (Å²) < 4.78 is 0. The molecule has 0 radical (unpaired) electrons. The van der Waals surface area contributed by atoms with Gasteiger partial charge in [0.2, 0.25) is 5.91 Å². The minimum absolute atomic E-state index is 0.104. The van der Waals surface area contributed by atoms with Crippen LogP contribution in [0.2, 0.25) is 0 Å². The first-order valence-corrected chi connectivity index (χ1v) is 8.06. The molecule has 0 spiro atoms. The molecule has 22 heavy (non-hydrogen) atoms. The predicted molar refractivity (Wildman–Crippen MR) is 93.1 cm³/mol. The highest BCUT2D eigenvalue weighted by molar-refractivity contribution is 5.94. The van der Waals surface area contributed by atoms with Crippen molar-refractivity contribution in [1.29, 1.82) is 0 Å². The Labute approximate surface area is 133 Å². The van der Waals surface area contributed by atoms with Gasteiger partial charge in [0.05, 0.1) is 0 Å². The average Bonchev–Trinajstić information content (AvgIpc) is 2.54. The van der Waals surface area contributed by atoms with Crippen molar-refractivity contribution in [3.05, 3.63) is 30.3 Å². The van der Waals surface area contributed by atoms with E-state index in [4.69, 9.17) is 0 Å². The highest BCUT2D eigenvalue weighted by Gasteiger charge is 2.06. The van der Waals surface area contributed by atoms with Crippen molar-refractivity contribution in [1.82, 2.24) is 10.6 Å². The van der Waals surface area contributed by atoms with Crippen LogP contribution in [-0.4, -0.2) is 31.5 Å². The van der Waals surface area contributed by atoms with Gasteiger partial charge in [-0.2, -0.15) is 0 Å². The van der Waals surface area contributed by atoms with E-state index in [2.05, 4.69) is 34.8 Å². The third-order valence-electron chi connectivity index (χ3n) is 3.50. The zero-order valence-corrected chi connectivity index (χ0v) is 13.9. The number of benzene rings is 1. The van der Waals surface area contributed by atoms with Crippen LogP contribution in [0.25, 0.3) is 0 Å². The second kappa shape index (κ2) is 10.7. The summed E-state index contributed by atoms with van der Waals surface area (Å²) in [5.74, 6) is 1.20. The maximum absolute atomic E-state index is 11.9. The lowest BCUT2D eigenvalue weighted by Crippen LogP contribution is -2.40. The Balaban J connectivity index is 2.48. The molecule has 1 aromatic carbocycles. The maximum atomic E-state index is 11.9. The summed E-state index contributed by atoms with van der Waals surface area (Å²) in [5, 5.41) is 9.29. The van der Waals surface area contributed by atoms with Crippen LogP contribution in [0.1, 0.15) is 33.6 Å². The number of guanidine groups is 1. The SMILES string of the molecule is CCNC(=NCC(=O)Nc1ccccc1)NCC(CC)CC. The minimum Gasteiger partial charge on any atom is -0.357 e. The number of nitrogens with zero attached hydrogens (tertiary/aromatic N) is 1. The molecule has 122 valence electrons. The number of carbonyl (C=O) groups excluding carboxylic acids is 1. The van der Waals surface area contributed by atoms with Gasteiger partial charge < -0.3 is 16.0 Å². The highest BCUT2D eigenvalue weighted by Crippen LogP contribution is 2.05. The molecule has 5 nitrogen and oxygen atoms in total. The van der Waals surface area contributed by atoms with Gasteiger partial charge in [-0.05, 0) is 25.0 Å². The summed E-state index contributed by atoms with van der Waals surface area (Å²) in [5.41, 5.74) is 0.790. The van der Waals surface area contributed by atoms with E-state index in [0.717, 1.165) is 31.6 Å². The number of carbonyl (C=O) groups is 1. The van der Waals surface area contributed by atoms with E-state index >= 15 is 0 Å². The zero-order valence-electron chi connectivity index (χ0n) is 13.9. The van der Waals surface area contributed by atoms with Crippen LogP contribution in [0.4, 0.5) is 5.69 Å². The van der Waals surface area contributed by atoms with Gasteiger partial charge in [-0.3, -0.25) is 4.79 Å². The van der Waals surface area contributed by atoms with E-state index in [9.17, 15) is 4.79 Å². The van der Waals surface area contributed by atoms with Crippen molar-refractivity contribution in [3.8, 4) is 0 Å². The van der Waals surface area contributed by atoms with E-state index < -0.39 is 0 Å². The fourth-order valence-corrected chi connectivity index (χ4v) is 2.03. The van der Waals surface area contributed by atoms with E-state index in [1.807, 2.05) is 37.3 Å². The Kier molecular flexibility index (Phi) is 8.72. The number of hydrogen-bond donors (Lipinski definition) is 3. The third-order valence-corrected chi connectivity index (χ3v) is 3.50. The topological polar surface area (TPSA) is 65.5 Å². The monoisotopic (exact) mass is 304 g/mol. The lowest BCUT2D eigenvalue weighted by Gasteiger charge is -2.16. The molecular weight excluding hydrogens is 276 g/mol. The van der Waals surface area contributed by atoms with Crippen LogP contribution in [0.5, 0.6) is 0 Å². The number of hydrogen-bond acceptors (Lipinski definition) is 2. The molecule has 0 aliphatic heterocycles. The first-order chi connectivity index (χ1) is 10.7. The molecule has 0 aliphatic rings. The molecule has 5 heteroatoms. The number of amides is 1. The smallest absolute Gasteiger partial charge is 0.246 e. The molecule has 0 bridgehead atoms. The number of aliphatic imine (C=N–C) groups is 1. The summed E-state index contributed by atoms with van der Waals surface area (Å²) in [6.45, 7) is 8.14. The molecule has 0 aromatic heterocycles. The van der Waals surface area contributed by atoms with Gasteiger partial charge in [0.1, 0.15) is 6.54 Å². The molecule has 0 aliphatic carbocycles. The van der Waals surface area contributed by atoms with Crippen molar-refractivity contribution >= 4 is 17.6 Å². The fraction of sp³-hybridized carbons (Fsp3) is 0.529. The van der Waals surface area contributed by atoms with E-state index in [1.165, 1.54) is 0 Å². The Morgan fingerprint density at radius 3 is 2.36 bits per heavy atom. The third kappa shape index (κ3) is 7.11. The molecule has 0 atom stereocenters. The lowest BCUT2D eigenvalue weighted by molar-refractivity contribution is -0.114. The van der Waals surface area contributed by atoms with Gasteiger partial charge in [0.15, 0.2) is 5.96 Å². The molecule has 0 saturated carbocycles. The molecule has 1 amide bonds. The quantitative estimate of drug-likeness (QED) is 0.511. The Morgan fingerprint density at radius 1 is 1.09 bits per heavy atom. The van der Waals surface area contributed by atoms with Gasteiger partial charge in [-0.1, -0.05) is 44.9 Å². The van der Waals surface area contributed by atoms with Crippen LogP contribution in [0.3, 0.4) is 0 Å². The zero-order chi connectivity index (χ0) is 16.2. The van der Waals surface area contributed by atoms with Gasteiger partial charge in [0, 0.05) is 18.8 Å². The van der Waals surface area contributed by atoms with Crippen molar-refractivity contribution < 1.29 is 4.79 Å². The first kappa shape index (κ1) is 18.0. The van der Waals surface area contributed by atoms with Crippen LogP contribution in [0, 0.1) is 5.92 Å². The molecule has 0 heterocycles. The summed E-state index contributed by atoms with van der Waals surface area (Å²) in [7, 11) is 0. The van der Waals surface area contributed by atoms with Crippen LogP contribution in [-0.2, 0) is 4.79 Å². The van der Waals surface area contributed by atoms with Crippen LogP contribution < -0.4 is 16.0 Å². The lowest BCUT2D eigenvalue weighted by atomic mass is 10.0. The summed E-state index contributed by atoms with van der Waals surface area (Å²) in [4.78, 5) is 16.2. The summed E-state index contributed by atoms with van der Waals surface area (Å²) in [6.07, 6.45) is 2.27. The highest BCUT2D eigenvalue weighted by atomic mass is 16.1. The van der Waals surface area contributed by atoms with E-state index in [-0.39, 0.29) is 12.5 Å². The normalized spacial score (nSPS) is 11.4. The average molecular weight is 304 g/mol. The Bertz CT molecular complexity index is 455. The Morgan fingerprint density at radius 2 is 1.77 bits per heavy atom. The minimum atomic E-state index is -0.120. The van der Waals surface area contributed by atoms with E-state index in [0.29, 0.717) is 11.9 Å². The number of nitrogens with one attached hydrogen (secondary N) is 3. The van der Waals surface area contributed by atoms with Gasteiger partial charge in [-0.15, -0.1) is 0 Å².